The van der Waals surface area contributed by atoms with E-state index in [1.54, 1.807) is 32.4 Å². The van der Waals surface area contributed by atoms with E-state index in [1.165, 1.54) is 16.7 Å². The second kappa shape index (κ2) is 9.62. The summed E-state index contributed by atoms with van der Waals surface area (Å²) in [6.45, 7) is 0.192. The minimum Gasteiger partial charge on any atom is -0.497 e. The van der Waals surface area contributed by atoms with Crippen LogP contribution in [0.3, 0.4) is 0 Å². The summed E-state index contributed by atoms with van der Waals surface area (Å²) in [6, 6.07) is 24.2. The number of hydrogen-bond donors (Lipinski definition) is 1. The molecule has 1 N–H and O–H groups in total. The summed E-state index contributed by atoms with van der Waals surface area (Å²) in [5.41, 5.74) is 1.63. The zero-order chi connectivity index (χ0) is 22.5. The molecule has 0 aromatic heterocycles. The largest absolute Gasteiger partial charge is 0.497 e. The standard InChI is InChI=1S/C25H22N2O4S/c1-30-18-13-14-21(31-2)20(15-18)26-22-23(32-19-11-7-4-8-12-19)25(29)27(24(22)28)16-17-9-5-3-6-10-17/h3-15,26H,16H2,1-2H3. The van der Waals surface area contributed by atoms with Crippen LogP contribution in [0.25, 0.3) is 0 Å². The SMILES string of the molecule is COc1ccc(OC)c(NC2=C(Sc3ccccc3)C(=O)N(Cc3ccccc3)C2=O)c1. The Morgan fingerprint density at radius 2 is 1.53 bits per heavy atom. The van der Waals surface area contributed by atoms with Crippen molar-refractivity contribution >= 4 is 29.3 Å². The third kappa shape index (κ3) is 4.48. The first kappa shape index (κ1) is 21.5. The lowest BCUT2D eigenvalue weighted by Gasteiger charge is -2.16. The molecule has 0 radical (unpaired) electrons. The van der Waals surface area contributed by atoms with Gasteiger partial charge in [-0.05, 0) is 29.8 Å². The van der Waals surface area contributed by atoms with Gasteiger partial charge in [-0.1, -0.05) is 60.3 Å². The number of carbonyl (C=O) groups is 2. The second-order valence-electron chi connectivity index (χ2n) is 6.99. The molecule has 0 bridgehead atoms. The summed E-state index contributed by atoms with van der Waals surface area (Å²) in [7, 11) is 3.11. The third-order valence-corrected chi connectivity index (χ3v) is 6.03. The van der Waals surface area contributed by atoms with Crippen molar-refractivity contribution in [1.82, 2.24) is 4.90 Å². The number of rotatable bonds is 8. The number of nitrogens with zero attached hydrogens (tertiary/aromatic N) is 1. The lowest BCUT2D eigenvalue weighted by atomic mass is 10.2. The summed E-state index contributed by atoms with van der Waals surface area (Å²) < 4.78 is 10.7. The molecule has 0 spiro atoms. The van der Waals surface area contributed by atoms with Crippen LogP contribution in [0, 0.1) is 0 Å². The average Bonchev–Trinajstić information content (AvgIpc) is 3.04. The normalized spacial score (nSPS) is 13.5. The second-order valence-corrected chi connectivity index (χ2v) is 8.08. The molecule has 7 heteroatoms. The zero-order valence-corrected chi connectivity index (χ0v) is 18.5. The maximum Gasteiger partial charge on any atom is 0.278 e. The van der Waals surface area contributed by atoms with Crippen LogP contribution in [-0.2, 0) is 16.1 Å². The van der Waals surface area contributed by atoms with Crippen molar-refractivity contribution in [1.29, 1.82) is 0 Å². The van der Waals surface area contributed by atoms with Crippen molar-refractivity contribution in [3.05, 3.63) is 95.0 Å². The van der Waals surface area contributed by atoms with Crippen molar-refractivity contribution in [3.63, 3.8) is 0 Å². The molecule has 0 atom stereocenters. The number of amides is 2. The highest BCUT2D eigenvalue weighted by Gasteiger charge is 2.39. The van der Waals surface area contributed by atoms with Crippen LogP contribution >= 0.6 is 11.8 Å². The van der Waals surface area contributed by atoms with Gasteiger partial charge in [0, 0.05) is 11.0 Å². The first-order valence-corrected chi connectivity index (χ1v) is 10.8. The Bertz CT molecular complexity index is 1160. The van der Waals surface area contributed by atoms with E-state index in [0.29, 0.717) is 22.1 Å². The van der Waals surface area contributed by atoms with Gasteiger partial charge < -0.3 is 14.8 Å². The van der Waals surface area contributed by atoms with Crippen molar-refractivity contribution in [2.45, 2.75) is 11.4 Å². The number of methoxy groups -OCH3 is 2. The summed E-state index contributed by atoms with van der Waals surface area (Å²) in [6.07, 6.45) is 0. The molecule has 0 saturated heterocycles. The van der Waals surface area contributed by atoms with E-state index in [1.807, 2.05) is 60.7 Å². The van der Waals surface area contributed by atoms with Gasteiger partial charge in [0.25, 0.3) is 11.8 Å². The Morgan fingerprint density at radius 1 is 0.844 bits per heavy atom. The Labute approximate surface area is 190 Å². The van der Waals surface area contributed by atoms with Crippen LogP contribution in [0.4, 0.5) is 5.69 Å². The van der Waals surface area contributed by atoms with E-state index in [-0.39, 0.29) is 24.1 Å². The molecule has 1 aliphatic rings. The van der Waals surface area contributed by atoms with Gasteiger partial charge in [-0.15, -0.1) is 0 Å². The number of nitrogens with one attached hydrogen (secondary N) is 1. The monoisotopic (exact) mass is 446 g/mol. The van der Waals surface area contributed by atoms with Gasteiger partial charge in [-0.3, -0.25) is 14.5 Å². The van der Waals surface area contributed by atoms with E-state index in [9.17, 15) is 9.59 Å². The molecular weight excluding hydrogens is 424 g/mol. The minimum atomic E-state index is -0.387. The van der Waals surface area contributed by atoms with Gasteiger partial charge in [0.1, 0.15) is 22.1 Å². The van der Waals surface area contributed by atoms with E-state index in [2.05, 4.69) is 5.32 Å². The lowest BCUT2D eigenvalue weighted by Crippen LogP contribution is -2.31. The Kier molecular flexibility index (Phi) is 6.47. The Morgan fingerprint density at radius 3 is 2.19 bits per heavy atom. The summed E-state index contributed by atoms with van der Waals surface area (Å²) >= 11 is 1.26. The molecule has 0 unspecified atom stereocenters. The first-order chi connectivity index (χ1) is 15.6. The molecule has 3 aromatic rings. The molecule has 0 saturated carbocycles. The van der Waals surface area contributed by atoms with E-state index in [4.69, 9.17) is 9.47 Å². The van der Waals surface area contributed by atoms with Gasteiger partial charge in [0.2, 0.25) is 0 Å². The molecule has 0 aliphatic carbocycles. The first-order valence-electron chi connectivity index (χ1n) is 9.97. The Hall–Kier alpha value is -3.71. The van der Waals surface area contributed by atoms with Crippen LogP contribution in [-0.4, -0.2) is 30.9 Å². The number of benzene rings is 3. The smallest absolute Gasteiger partial charge is 0.278 e. The average molecular weight is 447 g/mol. The van der Waals surface area contributed by atoms with Crippen molar-refractivity contribution < 1.29 is 19.1 Å². The van der Waals surface area contributed by atoms with Gasteiger partial charge in [-0.2, -0.15) is 0 Å². The quantitative estimate of drug-likeness (QED) is 0.507. The fourth-order valence-corrected chi connectivity index (χ4v) is 4.29. The highest BCUT2D eigenvalue weighted by Crippen LogP contribution is 2.38. The van der Waals surface area contributed by atoms with Crippen molar-refractivity contribution in [2.75, 3.05) is 19.5 Å². The maximum atomic E-state index is 13.4. The molecule has 2 amide bonds. The predicted molar refractivity (Wildman–Crippen MR) is 124 cm³/mol. The number of imide groups is 1. The zero-order valence-electron chi connectivity index (χ0n) is 17.7. The topological polar surface area (TPSA) is 67.9 Å². The summed E-state index contributed by atoms with van der Waals surface area (Å²) in [5, 5.41) is 3.14. The van der Waals surface area contributed by atoms with Gasteiger partial charge >= 0.3 is 0 Å². The lowest BCUT2D eigenvalue weighted by molar-refractivity contribution is -0.137. The van der Waals surface area contributed by atoms with Crippen LogP contribution in [0.1, 0.15) is 5.56 Å². The summed E-state index contributed by atoms with van der Waals surface area (Å²) in [4.78, 5) is 29.2. The molecular formula is C25H22N2O4S. The van der Waals surface area contributed by atoms with E-state index >= 15 is 0 Å². The van der Waals surface area contributed by atoms with Crippen LogP contribution in [0.15, 0.2) is 94.4 Å². The van der Waals surface area contributed by atoms with Gasteiger partial charge in [0.05, 0.1) is 26.5 Å². The number of hydrogen-bond acceptors (Lipinski definition) is 6. The predicted octanol–water partition coefficient (Wildman–Crippen LogP) is 4.69. The molecule has 4 rings (SSSR count). The Balaban J connectivity index is 1.72. The van der Waals surface area contributed by atoms with E-state index < -0.39 is 0 Å². The fourth-order valence-electron chi connectivity index (χ4n) is 3.32. The fraction of sp³-hybridized carbons (Fsp3) is 0.120. The minimum absolute atomic E-state index is 0.192. The van der Waals surface area contributed by atoms with Gasteiger partial charge in [0.15, 0.2) is 0 Å². The third-order valence-electron chi connectivity index (χ3n) is 4.94. The van der Waals surface area contributed by atoms with Gasteiger partial charge in [-0.25, -0.2) is 0 Å². The molecule has 3 aromatic carbocycles. The number of anilines is 1. The van der Waals surface area contributed by atoms with Crippen molar-refractivity contribution in [3.8, 4) is 11.5 Å². The summed E-state index contributed by atoms with van der Waals surface area (Å²) in [5.74, 6) is 0.410. The highest BCUT2D eigenvalue weighted by molar-refractivity contribution is 8.04. The highest BCUT2D eigenvalue weighted by atomic mass is 32.2. The molecule has 0 fully saturated rings. The number of thioether (sulfide) groups is 1. The van der Waals surface area contributed by atoms with E-state index in [0.717, 1.165) is 10.5 Å². The molecule has 162 valence electrons. The number of carbonyl (C=O) groups excluding carboxylic acids is 2. The van der Waals surface area contributed by atoms with Crippen LogP contribution < -0.4 is 14.8 Å². The van der Waals surface area contributed by atoms with Crippen molar-refractivity contribution in [2.24, 2.45) is 0 Å². The van der Waals surface area contributed by atoms with Crippen LogP contribution in [0.5, 0.6) is 11.5 Å². The molecule has 6 nitrogen and oxygen atoms in total. The molecule has 1 aliphatic heterocycles. The molecule has 1 heterocycles. The number of ether oxygens (including phenoxy) is 2. The molecule has 32 heavy (non-hydrogen) atoms. The maximum absolute atomic E-state index is 13.4. The van der Waals surface area contributed by atoms with Crippen LogP contribution in [0.2, 0.25) is 0 Å².